The summed E-state index contributed by atoms with van der Waals surface area (Å²) in [4.78, 5) is 16.3. The van der Waals surface area contributed by atoms with E-state index in [2.05, 4.69) is 27.7 Å². The summed E-state index contributed by atoms with van der Waals surface area (Å²) in [6.07, 6.45) is 0. The summed E-state index contributed by atoms with van der Waals surface area (Å²) in [7, 11) is 0. The highest BCUT2D eigenvalue weighted by Gasteiger charge is 2.23. The minimum Gasteiger partial charge on any atom is -0.486 e. The Kier molecular flexibility index (Phi) is 6.03. The SMILES string of the molecule is O=C(CNCC(c1cccs1)N1CCOCC1)c1ccc2c(c1)OCCO2. The highest BCUT2D eigenvalue weighted by molar-refractivity contribution is 7.10. The summed E-state index contributed by atoms with van der Waals surface area (Å²) in [6, 6.07) is 9.89. The molecule has 0 bridgehead atoms. The number of nitrogens with one attached hydrogen (secondary N) is 1. The Morgan fingerprint density at radius 1 is 1.11 bits per heavy atom. The molecule has 7 heteroatoms. The first-order valence-electron chi connectivity index (χ1n) is 9.30. The standard InChI is InChI=1S/C20H24N2O4S/c23-17(15-3-4-18-19(12-15)26-10-9-25-18)14-21-13-16(20-2-1-11-27-20)22-5-7-24-8-6-22/h1-4,11-12,16,21H,5-10,13-14H2. The molecule has 2 aromatic rings. The second-order valence-corrected chi connectivity index (χ2v) is 7.57. The Morgan fingerprint density at radius 2 is 1.93 bits per heavy atom. The van der Waals surface area contributed by atoms with Crippen molar-refractivity contribution >= 4 is 17.1 Å². The fourth-order valence-electron chi connectivity index (χ4n) is 3.42. The minimum absolute atomic E-state index is 0.0545. The normalized spacial score (nSPS) is 18.2. The predicted molar refractivity (Wildman–Crippen MR) is 104 cm³/mol. The maximum atomic E-state index is 12.6. The first-order chi connectivity index (χ1) is 13.3. The molecule has 1 atom stereocenters. The summed E-state index contributed by atoms with van der Waals surface area (Å²) >= 11 is 1.76. The molecule has 1 saturated heterocycles. The molecule has 27 heavy (non-hydrogen) atoms. The van der Waals surface area contributed by atoms with Crippen LogP contribution in [-0.2, 0) is 4.74 Å². The average molecular weight is 388 g/mol. The van der Waals surface area contributed by atoms with E-state index in [1.807, 2.05) is 6.07 Å². The van der Waals surface area contributed by atoms with E-state index in [0.29, 0.717) is 36.8 Å². The summed E-state index contributed by atoms with van der Waals surface area (Å²) in [5, 5.41) is 5.45. The maximum Gasteiger partial charge on any atom is 0.176 e. The molecule has 1 fully saturated rings. The fraction of sp³-hybridized carbons (Fsp3) is 0.450. The van der Waals surface area contributed by atoms with E-state index in [0.717, 1.165) is 32.8 Å². The lowest BCUT2D eigenvalue weighted by Crippen LogP contribution is -2.43. The second kappa shape index (κ2) is 8.84. The number of nitrogens with zero attached hydrogens (tertiary/aromatic N) is 1. The molecule has 2 aliphatic heterocycles. The lowest BCUT2D eigenvalue weighted by molar-refractivity contribution is 0.0169. The number of benzene rings is 1. The maximum absolute atomic E-state index is 12.6. The zero-order valence-corrected chi connectivity index (χ0v) is 16.0. The third kappa shape index (κ3) is 4.50. The Balaban J connectivity index is 1.36. The van der Waals surface area contributed by atoms with Gasteiger partial charge in [0.05, 0.1) is 25.8 Å². The van der Waals surface area contributed by atoms with Crippen molar-refractivity contribution in [1.82, 2.24) is 10.2 Å². The van der Waals surface area contributed by atoms with Gasteiger partial charge in [-0.1, -0.05) is 6.07 Å². The van der Waals surface area contributed by atoms with Crippen LogP contribution in [-0.4, -0.2) is 63.3 Å². The number of fused-ring (bicyclic) bond motifs is 1. The third-order valence-electron chi connectivity index (χ3n) is 4.85. The summed E-state index contributed by atoms with van der Waals surface area (Å²) < 4.78 is 16.6. The molecule has 144 valence electrons. The number of ketones is 1. The van der Waals surface area contributed by atoms with Gasteiger partial charge in [-0.15, -0.1) is 11.3 Å². The van der Waals surface area contributed by atoms with Gasteiger partial charge in [-0.25, -0.2) is 0 Å². The van der Waals surface area contributed by atoms with E-state index in [4.69, 9.17) is 14.2 Å². The van der Waals surface area contributed by atoms with Crippen molar-refractivity contribution in [3.63, 3.8) is 0 Å². The number of carbonyl (C=O) groups excluding carboxylic acids is 1. The van der Waals surface area contributed by atoms with Gasteiger partial charge in [0.1, 0.15) is 13.2 Å². The predicted octanol–water partition coefficient (Wildman–Crippen LogP) is 2.37. The molecule has 3 heterocycles. The van der Waals surface area contributed by atoms with E-state index < -0.39 is 0 Å². The monoisotopic (exact) mass is 388 g/mol. The van der Waals surface area contributed by atoms with Gasteiger partial charge in [0.2, 0.25) is 0 Å². The highest BCUT2D eigenvalue weighted by atomic mass is 32.1. The molecule has 2 aliphatic rings. The van der Waals surface area contributed by atoms with Crippen molar-refractivity contribution in [2.75, 3.05) is 52.6 Å². The third-order valence-corrected chi connectivity index (χ3v) is 5.82. The van der Waals surface area contributed by atoms with Gasteiger partial charge in [0.15, 0.2) is 17.3 Å². The fourth-order valence-corrected chi connectivity index (χ4v) is 4.28. The van der Waals surface area contributed by atoms with E-state index in [1.165, 1.54) is 4.88 Å². The Labute approximate surface area is 163 Å². The van der Waals surface area contributed by atoms with Crippen LogP contribution in [0.2, 0.25) is 0 Å². The Bertz CT molecular complexity index is 759. The molecule has 0 spiro atoms. The van der Waals surface area contributed by atoms with Crippen LogP contribution in [0.3, 0.4) is 0 Å². The quantitative estimate of drug-likeness (QED) is 0.735. The molecule has 1 unspecified atom stereocenters. The van der Waals surface area contributed by atoms with Gasteiger partial charge in [0, 0.05) is 30.1 Å². The van der Waals surface area contributed by atoms with Gasteiger partial charge < -0.3 is 19.5 Å². The van der Waals surface area contributed by atoms with Crippen molar-refractivity contribution < 1.29 is 19.0 Å². The molecular formula is C20H24N2O4S. The molecule has 0 amide bonds. The number of morpholine rings is 1. The zero-order valence-electron chi connectivity index (χ0n) is 15.2. The molecule has 1 aromatic heterocycles. The second-order valence-electron chi connectivity index (χ2n) is 6.59. The number of hydrogen-bond acceptors (Lipinski definition) is 7. The molecule has 1 N–H and O–H groups in total. The van der Waals surface area contributed by atoms with Crippen LogP contribution in [0.15, 0.2) is 35.7 Å². The van der Waals surface area contributed by atoms with Crippen molar-refractivity contribution in [2.24, 2.45) is 0 Å². The number of thiophene rings is 1. The topological polar surface area (TPSA) is 60.0 Å². The number of ether oxygens (including phenoxy) is 3. The number of rotatable bonds is 7. The lowest BCUT2D eigenvalue weighted by atomic mass is 10.1. The molecule has 0 saturated carbocycles. The first-order valence-corrected chi connectivity index (χ1v) is 10.2. The number of carbonyl (C=O) groups is 1. The van der Waals surface area contributed by atoms with Crippen molar-refractivity contribution in [3.8, 4) is 11.5 Å². The molecule has 4 rings (SSSR count). The van der Waals surface area contributed by atoms with Crippen LogP contribution in [0.25, 0.3) is 0 Å². The summed E-state index contributed by atoms with van der Waals surface area (Å²) in [6.45, 7) is 5.46. The van der Waals surface area contributed by atoms with E-state index in [1.54, 1.807) is 23.5 Å². The summed E-state index contributed by atoms with van der Waals surface area (Å²) in [5.74, 6) is 1.41. The van der Waals surface area contributed by atoms with Crippen molar-refractivity contribution in [2.45, 2.75) is 6.04 Å². The molecule has 6 nitrogen and oxygen atoms in total. The average Bonchev–Trinajstić information content (AvgIpc) is 3.26. The van der Waals surface area contributed by atoms with Crippen LogP contribution in [0, 0.1) is 0 Å². The molecule has 0 radical (unpaired) electrons. The highest BCUT2D eigenvalue weighted by Crippen LogP contribution is 2.31. The van der Waals surface area contributed by atoms with Crippen LogP contribution in [0.5, 0.6) is 11.5 Å². The molecule has 1 aromatic carbocycles. The first kappa shape index (κ1) is 18.4. The molecular weight excluding hydrogens is 364 g/mol. The number of hydrogen-bond donors (Lipinski definition) is 1. The summed E-state index contributed by atoms with van der Waals surface area (Å²) in [5.41, 5.74) is 0.644. The Hall–Kier alpha value is -1.93. The van der Waals surface area contributed by atoms with Crippen LogP contribution >= 0.6 is 11.3 Å². The van der Waals surface area contributed by atoms with Crippen molar-refractivity contribution in [1.29, 1.82) is 0 Å². The van der Waals surface area contributed by atoms with Gasteiger partial charge in [-0.2, -0.15) is 0 Å². The van der Waals surface area contributed by atoms with Crippen LogP contribution < -0.4 is 14.8 Å². The molecule has 0 aliphatic carbocycles. The van der Waals surface area contributed by atoms with Gasteiger partial charge in [0.25, 0.3) is 0 Å². The lowest BCUT2D eigenvalue weighted by Gasteiger charge is -2.34. The van der Waals surface area contributed by atoms with Crippen molar-refractivity contribution in [3.05, 3.63) is 46.2 Å². The van der Waals surface area contributed by atoms with Gasteiger partial charge in [-0.05, 0) is 29.6 Å². The van der Waals surface area contributed by atoms with Crippen LogP contribution in [0.1, 0.15) is 21.3 Å². The van der Waals surface area contributed by atoms with Crippen LogP contribution in [0.4, 0.5) is 0 Å². The van der Waals surface area contributed by atoms with E-state index in [9.17, 15) is 4.79 Å². The minimum atomic E-state index is 0.0545. The van der Waals surface area contributed by atoms with E-state index in [-0.39, 0.29) is 11.8 Å². The van der Waals surface area contributed by atoms with Gasteiger partial charge in [-0.3, -0.25) is 9.69 Å². The zero-order chi connectivity index (χ0) is 18.5. The smallest absolute Gasteiger partial charge is 0.176 e. The number of Topliss-reactive ketones (excluding diaryl/α,β-unsaturated/α-hetero) is 1. The van der Waals surface area contributed by atoms with Gasteiger partial charge >= 0.3 is 0 Å². The Morgan fingerprint density at radius 3 is 2.70 bits per heavy atom. The largest absolute Gasteiger partial charge is 0.486 e. The van der Waals surface area contributed by atoms with E-state index >= 15 is 0 Å².